The Balaban J connectivity index is 1.29. The van der Waals surface area contributed by atoms with E-state index in [0.717, 1.165) is 29.1 Å². The van der Waals surface area contributed by atoms with Crippen LogP contribution in [0, 0.1) is 16.2 Å². The summed E-state index contributed by atoms with van der Waals surface area (Å²) >= 11 is 0. The maximum Gasteiger partial charge on any atom is 0.228 e. The fourth-order valence-corrected chi connectivity index (χ4v) is 6.82. The molecule has 1 unspecified atom stereocenters. The Kier molecular flexibility index (Phi) is 3.68. The maximum absolute atomic E-state index is 13.4. The van der Waals surface area contributed by atoms with E-state index in [0.29, 0.717) is 51.9 Å². The van der Waals surface area contributed by atoms with Gasteiger partial charge in [-0.15, -0.1) is 5.11 Å². The van der Waals surface area contributed by atoms with E-state index in [1.807, 2.05) is 11.8 Å². The van der Waals surface area contributed by atoms with Crippen molar-refractivity contribution in [2.45, 2.75) is 64.6 Å². The highest BCUT2D eigenvalue weighted by Crippen LogP contribution is 2.59. The highest BCUT2D eigenvalue weighted by molar-refractivity contribution is 6.00. The molecular formula is C23H29FN4O3. The second-order valence-corrected chi connectivity index (χ2v) is 11.6. The largest absolute Gasteiger partial charge is 0.370 e. The Bertz CT molecular complexity index is 1000. The van der Waals surface area contributed by atoms with Crippen molar-refractivity contribution in [1.82, 2.24) is 10.2 Å². The summed E-state index contributed by atoms with van der Waals surface area (Å²) in [6.07, 6.45) is 1.74. The Morgan fingerprint density at radius 2 is 1.97 bits per heavy atom. The van der Waals surface area contributed by atoms with E-state index in [9.17, 15) is 14.0 Å². The summed E-state index contributed by atoms with van der Waals surface area (Å²) in [4.78, 5) is 28.1. The fourth-order valence-electron chi connectivity index (χ4n) is 6.82. The van der Waals surface area contributed by atoms with Crippen LogP contribution in [0.5, 0.6) is 0 Å². The van der Waals surface area contributed by atoms with Gasteiger partial charge in [-0.1, -0.05) is 20.8 Å². The smallest absolute Gasteiger partial charge is 0.228 e. The molecule has 0 bridgehead atoms. The van der Waals surface area contributed by atoms with E-state index in [2.05, 4.69) is 29.4 Å². The normalized spacial score (nSPS) is 39.4. The quantitative estimate of drug-likeness (QED) is 0.696. The second-order valence-electron chi connectivity index (χ2n) is 11.6. The predicted molar refractivity (Wildman–Crippen MR) is 109 cm³/mol. The van der Waals surface area contributed by atoms with Crippen LogP contribution in [0.2, 0.25) is 0 Å². The molecule has 0 aromatic carbocycles. The number of ether oxygens (including phenoxy) is 1. The van der Waals surface area contributed by atoms with Crippen LogP contribution >= 0.6 is 0 Å². The fraction of sp³-hybridized carbons (Fsp3) is 0.739. The van der Waals surface area contributed by atoms with Crippen molar-refractivity contribution < 1.29 is 18.7 Å². The Morgan fingerprint density at radius 3 is 2.68 bits per heavy atom. The van der Waals surface area contributed by atoms with Crippen LogP contribution in [0.3, 0.4) is 0 Å². The van der Waals surface area contributed by atoms with Gasteiger partial charge >= 0.3 is 0 Å². The number of carbonyl (C=O) groups excluding carboxylic acids is 2. The van der Waals surface area contributed by atoms with Crippen molar-refractivity contribution in [1.29, 1.82) is 0 Å². The van der Waals surface area contributed by atoms with Gasteiger partial charge in [0.1, 0.15) is 11.8 Å². The Hall–Kier alpha value is -2.09. The highest BCUT2D eigenvalue weighted by atomic mass is 19.1. The maximum atomic E-state index is 13.4. The average Bonchev–Trinajstić information content (AvgIpc) is 3.23. The van der Waals surface area contributed by atoms with E-state index in [1.54, 1.807) is 0 Å². The number of Topliss-reactive ketones (excluding diaryl/α,β-unsaturated/α-hetero) is 1. The molecule has 0 aromatic rings. The SMILES string of the molecule is CC1(C)CC(=O)C2=C(C1)NC1=C(CN=N1)C21COC2(CN(C(=O)C3(C)CC(F)C3)C2)C1. The number of nitrogens with zero attached hydrogens (tertiary/aromatic N) is 3. The number of hydrogen-bond acceptors (Lipinski definition) is 6. The third-order valence-electron chi connectivity index (χ3n) is 8.24. The summed E-state index contributed by atoms with van der Waals surface area (Å²) < 4.78 is 19.8. The number of azo groups is 1. The second kappa shape index (κ2) is 5.82. The summed E-state index contributed by atoms with van der Waals surface area (Å²) in [5.41, 5.74) is 1.23. The van der Waals surface area contributed by atoms with Gasteiger partial charge in [0.2, 0.25) is 5.91 Å². The standard InChI is InChI=1S/C23H29FN4O3/c1-20(2)6-15-17(16(29)7-20)23(14-8-25-27-18(14)26-15)9-22(31-12-23)10-28(11-22)19(30)21(3)4-13(24)5-21/h13,26H,4-12H2,1-3H3. The number of amides is 1. The number of hydrogen-bond donors (Lipinski definition) is 1. The number of fused-ring (bicyclic) bond motifs is 2. The van der Waals surface area contributed by atoms with Gasteiger partial charge in [0.25, 0.3) is 0 Å². The number of halogens is 1. The lowest BCUT2D eigenvalue weighted by Crippen LogP contribution is -2.67. The van der Waals surface area contributed by atoms with E-state index in [1.165, 1.54) is 0 Å². The molecule has 7 nitrogen and oxygen atoms in total. The molecule has 6 aliphatic rings. The van der Waals surface area contributed by atoms with Crippen molar-refractivity contribution in [3.63, 3.8) is 0 Å². The van der Waals surface area contributed by atoms with E-state index in [4.69, 9.17) is 4.74 Å². The van der Waals surface area contributed by atoms with Gasteiger partial charge in [0.05, 0.1) is 37.1 Å². The van der Waals surface area contributed by atoms with Gasteiger partial charge < -0.3 is 15.0 Å². The number of carbonyl (C=O) groups is 2. The van der Waals surface area contributed by atoms with Crippen LogP contribution in [0.25, 0.3) is 0 Å². The van der Waals surface area contributed by atoms with Gasteiger partial charge in [0, 0.05) is 23.3 Å². The van der Waals surface area contributed by atoms with Gasteiger partial charge in [-0.25, -0.2) is 4.39 Å². The molecule has 0 aromatic heterocycles. The molecule has 8 heteroatoms. The molecule has 1 atom stereocenters. The molecule has 4 heterocycles. The monoisotopic (exact) mass is 428 g/mol. The van der Waals surface area contributed by atoms with Gasteiger partial charge in [-0.05, 0) is 31.1 Å². The number of rotatable bonds is 1. The van der Waals surface area contributed by atoms with Crippen LogP contribution in [0.15, 0.2) is 32.9 Å². The van der Waals surface area contributed by atoms with Crippen molar-refractivity contribution in [2.75, 3.05) is 26.2 Å². The zero-order valence-corrected chi connectivity index (χ0v) is 18.4. The first-order valence-electron chi connectivity index (χ1n) is 11.3. The van der Waals surface area contributed by atoms with Gasteiger partial charge in [-0.2, -0.15) is 5.11 Å². The molecule has 0 radical (unpaired) electrons. The molecule has 6 rings (SSSR count). The molecule has 1 N–H and O–H groups in total. The van der Waals surface area contributed by atoms with Crippen molar-refractivity contribution >= 4 is 11.7 Å². The molecule has 31 heavy (non-hydrogen) atoms. The highest BCUT2D eigenvalue weighted by Gasteiger charge is 2.64. The first-order valence-corrected chi connectivity index (χ1v) is 11.3. The Labute approximate surface area is 181 Å². The molecule has 2 spiro atoms. The predicted octanol–water partition coefficient (Wildman–Crippen LogP) is 3.04. The lowest BCUT2D eigenvalue weighted by Gasteiger charge is -2.53. The summed E-state index contributed by atoms with van der Waals surface area (Å²) in [5, 5.41) is 12.0. The molecule has 3 fully saturated rings. The molecule has 166 valence electrons. The van der Waals surface area contributed by atoms with Crippen LogP contribution < -0.4 is 5.32 Å². The van der Waals surface area contributed by atoms with Crippen molar-refractivity contribution in [2.24, 2.45) is 26.5 Å². The zero-order valence-electron chi connectivity index (χ0n) is 18.4. The number of nitrogens with one attached hydrogen (secondary N) is 1. The first-order chi connectivity index (χ1) is 14.5. The third-order valence-corrected chi connectivity index (χ3v) is 8.24. The van der Waals surface area contributed by atoms with E-state index < -0.39 is 22.6 Å². The van der Waals surface area contributed by atoms with Crippen LogP contribution in [0.4, 0.5) is 4.39 Å². The van der Waals surface area contributed by atoms with Gasteiger partial charge in [0.15, 0.2) is 11.6 Å². The molecule has 2 saturated heterocycles. The summed E-state index contributed by atoms with van der Waals surface area (Å²) in [7, 11) is 0. The molecule has 1 amide bonds. The van der Waals surface area contributed by atoms with Crippen LogP contribution in [-0.2, 0) is 14.3 Å². The van der Waals surface area contributed by atoms with Crippen molar-refractivity contribution in [3.05, 3.63) is 22.7 Å². The number of likely N-dealkylation sites (tertiary alicyclic amines) is 1. The first kappa shape index (κ1) is 19.6. The van der Waals surface area contributed by atoms with Crippen LogP contribution in [-0.4, -0.2) is 54.6 Å². The molecular weight excluding hydrogens is 399 g/mol. The Morgan fingerprint density at radius 1 is 1.23 bits per heavy atom. The minimum absolute atomic E-state index is 0.0306. The average molecular weight is 429 g/mol. The number of allylic oxidation sites excluding steroid dienone is 1. The van der Waals surface area contributed by atoms with E-state index >= 15 is 0 Å². The zero-order chi connectivity index (χ0) is 21.8. The van der Waals surface area contributed by atoms with Crippen molar-refractivity contribution in [3.8, 4) is 0 Å². The number of dihydropyridines is 1. The molecule has 1 saturated carbocycles. The molecule has 4 aliphatic heterocycles. The summed E-state index contributed by atoms with van der Waals surface area (Å²) in [6, 6.07) is 0. The molecule has 2 aliphatic carbocycles. The topological polar surface area (TPSA) is 83.4 Å². The summed E-state index contributed by atoms with van der Waals surface area (Å²) in [5.74, 6) is 0.984. The minimum Gasteiger partial charge on any atom is -0.370 e. The minimum atomic E-state index is -0.864. The third kappa shape index (κ3) is 2.60. The van der Waals surface area contributed by atoms with Gasteiger partial charge in [-0.3, -0.25) is 9.59 Å². The summed E-state index contributed by atoms with van der Waals surface area (Å²) in [6.45, 7) is 8.02. The number of ketones is 1. The lowest BCUT2D eigenvalue weighted by atomic mass is 9.60. The van der Waals surface area contributed by atoms with E-state index in [-0.39, 0.29) is 17.1 Å². The number of alkyl halides is 1. The van der Waals surface area contributed by atoms with Crippen LogP contribution in [0.1, 0.15) is 52.9 Å². The lowest BCUT2D eigenvalue weighted by molar-refractivity contribution is -0.174.